The lowest BCUT2D eigenvalue weighted by atomic mass is 10.2. The third kappa shape index (κ3) is 5.85. The number of nitrogens with one attached hydrogen (secondary N) is 1. The maximum atomic E-state index is 12.7. The van der Waals surface area contributed by atoms with Crippen LogP contribution in [0.1, 0.15) is 59.5 Å². The van der Waals surface area contributed by atoms with E-state index in [9.17, 15) is 9.59 Å². The zero-order valence-electron chi connectivity index (χ0n) is 17.2. The molecule has 156 valence electrons. The van der Waals surface area contributed by atoms with Gasteiger partial charge in [-0.15, -0.1) is 11.8 Å². The Morgan fingerprint density at radius 3 is 2.86 bits per heavy atom. The van der Waals surface area contributed by atoms with E-state index in [4.69, 9.17) is 4.52 Å². The van der Waals surface area contributed by atoms with Gasteiger partial charge >= 0.3 is 0 Å². The number of likely N-dealkylation sites (tertiary alicyclic amines) is 1. The molecule has 1 fully saturated rings. The molecule has 6 nitrogen and oxygen atoms in total. The van der Waals surface area contributed by atoms with Crippen molar-refractivity contribution < 1.29 is 14.1 Å². The fraction of sp³-hybridized carbons (Fsp3) is 0.500. The van der Waals surface area contributed by atoms with E-state index in [0.717, 1.165) is 54.1 Å². The molecule has 0 aliphatic carbocycles. The summed E-state index contributed by atoms with van der Waals surface area (Å²) < 4.78 is 5.22. The van der Waals surface area contributed by atoms with Crippen LogP contribution in [-0.2, 0) is 10.5 Å². The van der Waals surface area contributed by atoms with Gasteiger partial charge in [0, 0.05) is 42.3 Å². The highest BCUT2D eigenvalue weighted by Gasteiger charge is 2.17. The van der Waals surface area contributed by atoms with E-state index in [0.29, 0.717) is 30.8 Å². The molecule has 1 saturated heterocycles. The molecule has 7 heteroatoms. The second kappa shape index (κ2) is 10.5. The number of nitrogens with zero attached hydrogens (tertiary/aromatic N) is 2. The molecule has 2 aromatic rings. The summed E-state index contributed by atoms with van der Waals surface area (Å²) in [5.74, 6) is 1.70. The topological polar surface area (TPSA) is 75.4 Å². The lowest BCUT2D eigenvalue weighted by molar-refractivity contribution is -0.130. The van der Waals surface area contributed by atoms with E-state index in [2.05, 4.69) is 10.5 Å². The largest absolute Gasteiger partial charge is 0.361 e. The lowest BCUT2D eigenvalue weighted by Crippen LogP contribution is -2.34. The molecule has 1 aliphatic heterocycles. The van der Waals surface area contributed by atoms with Gasteiger partial charge in [-0.2, -0.15) is 0 Å². The van der Waals surface area contributed by atoms with E-state index < -0.39 is 0 Å². The summed E-state index contributed by atoms with van der Waals surface area (Å²) in [5, 5.41) is 6.99. The molecule has 1 aliphatic rings. The molecule has 1 N–H and O–H groups in total. The smallest absolute Gasteiger partial charge is 0.252 e. The van der Waals surface area contributed by atoms with Gasteiger partial charge in [-0.1, -0.05) is 23.7 Å². The molecule has 2 amide bonds. The first kappa shape index (κ1) is 21.4. The first-order chi connectivity index (χ1) is 14.1. The van der Waals surface area contributed by atoms with Crippen molar-refractivity contribution >= 4 is 23.6 Å². The molecule has 0 bridgehead atoms. The van der Waals surface area contributed by atoms with Crippen LogP contribution in [0.5, 0.6) is 0 Å². The van der Waals surface area contributed by atoms with Crippen molar-refractivity contribution in [1.82, 2.24) is 15.4 Å². The second-order valence-corrected chi connectivity index (χ2v) is 8.41. The Labute approximate surface area is 176 Å². The molecule has 0 unspecified atom stereocenters. The average molecular weight is 416 g/mol. The zero-order valence-corrected chi connectivity index (χ0v) is 18.0. The summed E-state index contributed by atoms with van der Waals surface area (Å²) >= 11 is 1.61. The van der Waals surface area contributed by atoms with Crippen LogP contribution < -0.4 is 5.32 Å². The van der Waals surface area contributed by atoms with Crippen molar-refractivity contribution in [2.75, 3.05) is 19.6 Å². The van der Waals surface area contributed by atoms with Gasteiger partial charge in [-0.25, -0.2) is 0 Å². The van der Waals surface area contributed by atoms with Crippen molar-refractivity contribution in [3.63, 3.8) is 0 Å². The molecule has 3 rings (SSSR count). The standard InChI is InChI=1S/C22H29N3O3S/c1-16-19(17(2)28-24-16)15-29-20-10-6-5-9-18(20)22(27)23-12-8-14-25-13-7-3-4-11-21(25)26/h5-6,9-10H,3-4,7-8,11-15H2,1-2H3,(H,23,27). The predicted octanol–water partition coefficient (Wildman–Crippen LogP) is 4.11. The van der Waals surface area contributed by atoms with Crippen molar-refractivity contribution in [1.29, 1.82) is 0 Å². The Bertz CT molecular complexity index is 830. The fourth-order valence-corrected chi connectivity index (χ4v) is 4.68. The van der Waals surface area contributed by atoms with Gasteiger partial charge in [0.05, 0.1) is 11.3 Å². The number of aryl methyl sites for hydroxylation is 2. The van der Waals surface area contributed by atoms with Gasteiger partial charge < -0.3 is 14.7 Å². The van der Waals surface area contributed by atoms with Gasteiger partial charge in [-0.05, 0) is 45.2 Å². The van der Waals surface area contributed by atoms with Crippen molar-refractivity contribution in [2.24, 2.45) is 0 Å². The van der Waals surface area contributed by atoms with Gasteiger partial charge in [-0.3, -0.25) is 9.59 Å². The van der Waals surface area contributed by atoms with Gasteiger partial charge in [0.25, 0.3) is 5.91 Å². The Balaban J connectivity index is 1.51. The van der Waals surface area contributed by atoms with E-state index in [-0.39, 0.29) is 11.8 Å². The van der Waals surface area contributed by atoms with Crippen molar-refractivity contribution in [3.8, 4) is 0 Å². The molecule has 0 radical (unpaired) electrons. The number of aromatic nitrogens is 1. The summed E-state index contributed by atoms with van der Waals surface area (Å²) in [4.78, 5) is 27.6. The summed E-state index contributed by atoms with van der Waals surface area (Å²) in [6.07, 6.45) is 4.62. The monoisotopic (exact) mass is 415 g/mol. The SMILES string of the molecule is Cc1noc(C)c1CSc1ccccc1C(=O)NCCCN1CCCCCC1=O. The van der Waals surface area contributed by atoms with Crippen LogP contribution in [-0.4, -0.2) is 41.5 Å². The van der Waals surface area contributed by atoms with E-state index >= 15 is 0 Å². The van der Waals surface area contributed by atoms with Crippen LogP contribution in [0.4, 0.5) is 0 Å². The van der Waals surface area contributed by atoms with Crippen LogP contribution in [0, 0.1) is 13.8 Å². The lowest BCUT2D eigenvalue weighted by Gasteiger charge is -2.20. The highest BCUT2D eigenvalue weighted by Crippen LogP contribution is 2.28. The third-order valence-corrected chi connectivity index (χ3v) is 6.35. The van der Waals surface area contributed by atoms with Gasteiger partial charge in [0.15, 0.2) is 0 Å². The second-order valence-electron chi connectivity index (χ2n) is 7.39. The Hall–Kier alpha value is -2.28. The number of rotatable bonds is 8. The van der Waals surface area contributed by atoms with Gasteiger partial charge in [0.1, 0.15) is 5.76 Å². The number of thioether (sulfide) groups is 1. The average Bonchev–Trinajstić information content (AvgIpc) is 2.90. The Morgan fingerprint density at radius 1 is 1.24 bits per heavy atom. The number of carbonyl (C=O) groups excluding carboxylic acids is 2. The molecule has 0 saturated carbocycles. The first-order valence-corrected chi connectivity index (χ1v) is 11.2. The molecule has 1 aromatic heterocycles. The third-order valence-electron chi connectivity index (χ3n) is 5.25. The fourth-order valence-electron chi connectivity index (χ4n) is 3.48. The normalized spacial score (nSPS) is 14.7. The maximum Gasteiger partial charge on any atom is 0.252 e. The minimum absolute atomic E-state index is 0.0749. The van der Waals surface area contributed by atoms with Gasteiger partial charge in [0.2, 0.25) is 5.91 Å². The summed E-state index contributed by atoms with van der Waals surface area (Å²) in [5.41, 5.74) is 2.64. The number of benzene rings is 1. The highest BCUT2D eigenvalue weighted by atomic mass is 32.2. The summed E-state index contributed by atoms with van der Waals surface area (Å²) in [7, 11) is 0. The molecule has 1 aromatic carbocycles. The minimum atomic E-state index is -0.0749. The number of carbonyl (C=O) groups is 2. The first-order valence-electron chi connectivity index (χ1n) is 10.3. The summed E-state index contributed by atoms with van der Waals surface area (Å²) in [6, 6.07) is 7.64. The van der Waals surface area contributed by atoms with Crippen LogP contribution in [0.15, 0.2) is 33.7 Å². The number of hydrogen-bond acceptors (Lipinski definition) is 5. The highest BCUT2D eigenvalue weighted by molar-refractivity contribution is 7.98. The molecule has 2 heterocycles. The van der Waals surface area contributed by atoms with Crippen molar-refractivity contribution in [3.05, 3.63) is 46.8 Å². The molecule has 0 atom stereocenters. The van der Waals surface area contributed by atoms with E-state index in [1.165, 1.54) is 0 Å². The molecular weight excluding hydrogens is 386 g/mol. The predicted molar refractivity (Wildman–Crippen MR) is 114 cm³/mol. The molecule has 29 heavy (non-hydrogen) atoms. The Morgan fingerprint density at radius 2 is 2.07 bits per heavy atom. The van der Waals surface area contributed by atoms with Crippen LogP contribution >= 0.6 is 11.8 Å². The van der Waals surface area contributed by atoms with Crippen molar-refractivity contribution in [2.45, 2.75) is 56.6 Å². The quantitative estimate of drug-likeness (QED) is 0.519. The minimum Gasteiger partial charge on any atom is -0.361 e. The Kier molecular flexibility index (Phi) is 7.75. The molecular formula is C22H29N3O3S. The van der Waals surface area contributed by atoms with Crippen LogP contribution in [0.25, 0.3) is 0 Å². The number of amides is 2. The van der Waals surface area contributed by atoms with E-state index in [1.807, 2.05) is 43.0 Å². The zero-order chi connectivity index (χ0) is 20.6. The summed E-state index contributed by atoms with van der Waals surface area (Å²) in [6.45, 7) is 5.95. The number of hydrogen-bond donors (Lipinski definition) is 1. The molecule has 0 spiro atoms. The van der Waals surface area contributed by atoms with Crippen LogP contribution in [0.3, 0.4) is 0 Å². The van der Waals surface area contributed by atoms with Crippen LogP contribution in [0.2, 0.25) is 0 Å². The maximum absolute atomic E-state index is 12.7. The van der Waals surface area contributed by atoms with E-state index in [1.54, 1.807) is 11.8 Å².